The molecule has 0 unspecified atom stereocenters. The minimum atomic E-state index is -1.60. The molecule has 1 aromatic heterocycles. The Kier molecular flexibility index (Phi) is 2.05. The Morgan fingerprint density at radius 3 is 3.00 bits per heavy atom. The lowest BCUT2D eigenvalue weighted by Gasteiger charge is -2.20. The van der Waals surface area contributed by atoms with Gasteiger partial charge in [-0.25, -0.2) is 9.18 Å². The summed E-state index contributed by atoms with van der Waals surface area (Å²) in [6, 6.07) is 1.14. The second-order valence-electron chi connectivity index (χ2n) is 4.46. The minimum absolute atomic E-state index is 0.272. The smallest absolute Gasteiger partial charge is 0.330 e. The summed E-state index contributed by atoms with van der Waals surface area (Å²) in [6.07, 6.45) is -0.158. The van der Waals surface area contributed by atoms with Crippen LogP contribution in [0.1, 0.15) is 12.6 Å². The van der Waals surface area contributed by atoms with Gasteiger partial charge < -0.3 is 9.84 Å². The van der Waals surface area contributed by atoms with E-state index in [1.807, 2.05) is 4.98 Å². The quantitative estimate of drug-likeness (QED) is 0.707. The van der Waals surface area contributed by atoms with Gasteiger partial charge in [0.05, 0.1) is 12.7 Å². The predicted octanol–water partition coefficient (Wildman–Crippen LogP) is -0.846. The zero-order valence-corrected chi connectivity index (χ0v) is 8.80. The number of aromatic amines is 1. The molecule has 6 nitrogen and oxygen atoms in total. The van der Waals surface area contributed by atoms with Crippen molar-refractivity contribution >= 4 is 0 Å². The predicted molar refractivity (Wildman–Crippen MR) is 54.3 cm³/mol. The van der Waals surface area contributed by atoms with Gasteiger partial charge in [0.25, 0.3) is 5.56 Å². The molecule has 0 bridgehead atoms. The summed E-state index contributed by atoms with van der Waals surface area (Å²) in [6.45, 7) is -0.273. The van der Waals surface area contributed by atoms with Gasteiger partial charge in [-0.15, -0.1) is 0 Å². The summed E-state index contributed by atoms with van der Waals surface area (Å²) in [7, 11) is 0. The molecule has 7 heteroatoms. The second kappa shape index (κ2) is 3.27. The van der Waals surface area contributed by atoms with Crippen molar-refractivity contribution < 1.29 is 14.2 Å². The Morgan fingerprint density at radius 2 is 2.41 bits per heavy atom. The molecular formula is C10H11FN2O4. The number of aliphatic hydroxyl groups excluding tert-OH is 1. The fourth-order valence-corrected chi connectivity index (χ4v) is 2.46. The van der Waals surface area contributed by atoms with Crippen molar-refractivity contribution in [3.8, 4) is 0 Å². The normalized spacial score (nSPS) is 39.1. The van der Waals surface area contributed by atoms with E-state index in [-0.39, 0.29) is 18.9 Å². The van der Waals surface area contributed by atoms with Crippen LogP contribution in [0.5, 0.6) is 0 Å². The first-order valence-corrected chi connectivity index (χ1v) is 5.33. The fraction of sp³-hybridized carbons (Fsp3) is 0.600. The molecule has 1 aliphatic carbocycles. The molecule has 1 aromatic rings. The topological polar surface area (TPSA) is 84.3 Å². The third-order valence-electron chi connectivity index (χ3n) is 3.44. The molecular weight excluding hydrogens is 231 g/mol. The number of nitrogens with zero attached hydrogens (tertiary/aromatic N) is 1. The number of hydrogen-bond acceptors (Lipinski definition) is 4. The van der Waals surface area contributed by atoms with Gasteiger partial charge in [-0.05, 0) is 6.42 Å². The maximum Gasteiger partial charge on any atom is 0.330 e. The van der Waals surface area contributed by atoms with Crippen LogP contribution in [-0.2, 0) is 4.74 Å². The van der Waals surface area contributed by atoms with Crippen LogP contribution in [0.2, 0.25) is 0 Å². The third-order valence-corrected chi connectivity index (χ3v) is 3.44. The highest BCUT2D eigenvalue weighted by molar-refractivity contribution is 5.15. The van der Waals surface area contributed by atoms with Gasteiger partial charge in [-0.2, -0.15) is 0 Å². The van der Waals surface area contributed by atoms with Gasteiger partial charge in [0.2, 0.25) is 0 Å². The zero-order chi connectivity index (χ0) is 12.2. The lowest BCUT2D eigenvalue weighted by molar-refractivity contribution is -0.0719. The van der Waals surface area contributed by atoms with E-state index >= 15 is 0 Å². The Balaban J connectivity index is 2.01. The lowest BCUT2D eigenvalue weighted by atomic mass is 10.2. The first-order valence-electron chi connectivity index (χ1n) is 5.33. The SMILES string of the molecule is O=c1ccn([C@@H]2O[C@H](CO)[C@@H]3C[C@@]32F)c(=O)[nH]1. The van der Waals surface area contributed by atoms with Crippen molar-refractivity contribution in [2.45, 2.75) is 24.4 Å². The highest BCUT2D eigenvalue weighted by Gasteiger charge is 2.71. The highest BCUT2D eigenvalue weighted by atomic mass is 19.1. The van der Waals surface area contributed by atoms with E-state index in [9.17, 15) is 14.0 Å². The number of fused-ring (bicyclic) bond motifs is 1. The number of aliphatic hydroxyl groups is 1. The average molecular weight is 242 g/mol. The van der Waals surface area contributed by atoms with Gasteiger partial charge in [-0.1, -0.05) is 0 Å². The van der Waals surface area contributed by atoms with Gasteiger partial charge in [-0.3, -0.25) is 14.3 Å². The Labute approximate surface area is 94.7 Å². The average Bonchev–Trinajstić information content (AvgIpc) is 2.88. The number of nitrogens with one attached hydrogen (secondary N) is 1. The molecule has 1 saturated carbocycles. The van der Waals surface area contributed by atoms with Crippen LogP contribution < -0.4 is 11.2 Å². The molecule has 2 fully saturated rings. The molecule has 2 heterocycles. The molecule has 0 aromatic carbocycles. The van der Waals surface area contributed by atoms with Crippen LogP contribution in [-0.4, -0.2) is 33.0 Å². The van der Waals surface area contributed by atoms with Crippen molar-refractivity contribution in [1.82, 2.24) is 9.55 Å². The second-order valence-corrected chi connectivity index (χ2v) is 4.46. The Hall–Kier alpha value is -1.47. The molecule has 0 spiro atoms. The van der Waals surface area contributed by atoms with E-state index < -0.39 is 29.2 Å². The van der Waals surface area contributed by atoms with E-state index in [4.69, 9.17) is 9.84 Å². The lowest BCUT2D eigenvalue weighted by Crippen LogP contribution is -2.36. The molecule has 1 saturated heterocycles. The summed E-state index contributed by atoms with van der Waals surface area (Å²) in [5, 5.41) is 9.02. The van der Waals surface area contributed by atoms with E-state index in [0.717, 1.165) is 10.6 Å². The van der Waals surface area contributed by atoms with Gasteiger partial charge >= 0.3 is 5.69 Å². The number of ether oxygens (including phenoxy) is 1. The van der Waals surface area contributed by atoms with Gasteiger partial charge in [0, 0.05) is 18.2 Å². The number of aromatic nitrogens is 2. The molecule has 0 radical (unpaired) electrons. The van der Waals surface area contributed by atoms with E-state index in [2.05, 4.69) is 0 Å². The van der Waals surface area contributed by atoms with Crippen molar-refractivity contribution in [1.29, 1.82) is 0 Å². The molecule has 92 valence electrons. The largest absolute Gasteiger partial charge is 0.394 e. The fourth-order valence-electron chi connectivity index (χ4n) is 2.46. The number of halogens is 1. The Morgan fingerprint density at radius 1 is 1.65 bits per heavy atom. The third kappa shape index (κ3) is 1.39. The summed E-state index contributed by atoms with van der Waals surface area (Å²) in [5.74, 6) is -0.365. The molecule has 3 rings (SSSR count). The number of H-pyrrole nitrogens is 1. The molecule has 17 heavy (non-hydrogen) atoms. The van der Waals surface area contributed by atoms with Gasteiger partial charge in [0.15, 0.2) is 11.9 Å². The summed E-state index contributed by atoms with van der Waals surface area (Å²) >= 11 is 0. The monoisotopic (exact) mass is 242 g/mol. The van der Waals surface area contributed by atoms with Crippen LogP contribution in [0.4, 0.5) is 4.39 Å². The van der Waals surface area contributed by atoms with E-state index in [1.165, 1.54) is 6.20 Å². The minimum Gasteiger partial charge on any atom is -0.394 e. The van der Waals surface area contributed by atoms with Crippen LogP contribution in [0.3, 0.4) is 0 Å². The maximum atomic E-state index is 14.3. The zero-order valence-electron chi connectivity index (χ0n) is 8.80. The molecule has 4 atom stereocenters. The molecule has 0 amide bonds. The van der Waals surface area contributed by atoms with Crippen LogP contribution in [0.25, 0.3) is 0 Å². The first kappa shape index (κ1) is 10.7. The van der Waals surface area contributed by atoms with Crippen LogP contribution in [0, 0.1) is 5.92 Å². The summed E-state index contributed by atoms with van der Waals surface area (Å²) < 4.78 is 20.6. The van der Waals surface area contributed by atoms with Crippen molar-refractivity contribution in [2.24, 2.45) is 5.92 Å². The molecule has 2 aliphatic rings. The summed E-state index contributed by atoms with van der Waals surface area (Å²) in [5.41, 5.74) is -2.85. The Bertz CT molecular complexity index is 568. The molecule has 1 aliphatic heterocycles. The number of hydrogen-bond donors (Lipinski definition) is 2. The number of alkyl halides is 1. The van der Waals surface area contributed by atoms with Crippen molar-refractivity contribution in [2.75, 3.05) is 6.61 Å². The summed E-state index contributed by atoms with van der Waals surface area (Å²) in [4.78, 5) is 24.5. The van der Waals surface area contributed by atoms with Gasteiger partial charge in [0.1, 0.15) is 0 Å². The van der Waals surface area contributed by atoms with Crippen LogP contribution >= 0.6 is 0 Å². The van der Waals surface area contributed by atoms with Crippen molar-refractivity contribution in [3.63, 3.8) is 0 Å². The van der Waals surface area contributed by atoms with Crippen LogP contribution in [0.15, 0.2) is 21.9 Å². The molecule has 2 N–H and O–H groups in total. The van der Waals surface area contributed by atoms with E-state index in [1.54, 1.807) is 0 Å². The van der Waals surface area contributed by atoms with Crippen molar-refractivity contribution in [3.05, 3.63) is 33.1 Å². The standard InChI is InChI=1S/C10H11FN2O4/c11-10-3-5(10)6(4-14)17-8(10)13-2-1-7(15)12-9(13)16/h1-2,5-6,8,14H,3-4H2,(H,12,15,16)/t5-,6+,8+,10+/m0/s1. The number of rotatable bonds is 2. The maximum absolute atomic E-state index is 14.3. The highest BCUT2D eigenvalue weighted by Crippen LogP contribution is 2.62. The first-order chi connectivity index (χ1) is 8.06. The van der Waals surface area contributed by atoms with E-state index in [0.29, 0.717) is 0 Å².